The summed E-state index contributed by atoms with van der Waals surface area (Å²) in [5.74, 6) is -1.00. The smallest absolute Gasteiger partial charge is 0.251 e. The summed E-state index contributed by atoms with van der Waals surface area (Å²) >= 11 is 1.59. The van der Waals surface area contributed by atoms with Gasteiger partial charge in [-0.2, -0.15) is 0 Å². The molecule has 3 amide bonds. The summed E-state index contributed by atoms with van der Waals surface area (Å²) in [6, 6.07) is 16.2. The lowest BCUT2D eigenvalue weighted by Crippen LogP contribution is -2.53. The van der Waals surface area contributed by atoms with Gasteiger partial charge in [-0.05, 0) is 62.6 Å². The predicted molar refractivity (Wildman–Crippen MR) is 165 cm³/mol. The highest BCUT2D eigenvalue weighted by atomic mass is 32.2. The molecule has 220 valence electrons. The quantitative estimate of drug-likeness (QED) is 0.370. The van der Waals surface area contributed by atoms with E-state index in [2.05, 4.69) is 6.08 Å². The molecule has 1 unspecified atom stereocenters. The molecule has 2 aromatic carbocycles. The van der Waals surface area contributed by atoms with Gasteiger partial charge in [0.25, 0.3) is 5.91 Å². The predicted octanol–water partition coefficient (Wildman–Crippen LogP) is 4.05. The van der Waals surface area contributed by atoms with Gasteiger partial charge in [-0.25, -0.2) is 0 Å². The molecule has 0 bridgehead atoms. The Morgan fingerprint density at radius 3 is 2.19 bits per heavy atom. The standard InChI is InChI=1S/C33H37N3O5S/c1-32-17-9-20-34(23-11-5-3-6-12-23)29(38)26(32)27-30(39)36(19-7-4-8-22-37)28-31(40)35(21-10-18-33(27,28)42-32)24-13-15-25(41-2)16-14-24/h3,5-6,9-18,26-28,37H,4,7-8,19-22H2,1-2H3/t26-,27+,28?,32+,33+/m1/s1. The molecule has 1 spiro atoms. The number of methoxy groups -OCH3 is 1. The average Bonchev–Trinajstić information content (AvgIpc) is 3.26. The van der Waals surface area contributed by atoms with Crippen molar-refractivity contribution in [2.24, 2.45) is 11.8 Å². The molecule has 4 aliphatic heterocycles. The van der Waals surface area contributed by atoms with Gasteiger partial charge >= 0.3 is 0 Å². The van der Waals surface area contributed by atoms with Crippen LogP contribution in [0.2, 0.25) is 0 Å². The van der Waals surface area contributed by atoms with Crippen LogP contribution in [-0.4, -0.2) is 76.6 Å². The topological polar surface area (TPSA) is 90.4 Å². The van der Waals surface area contributed by atoms with Crippen LogP contribution in [0, 0.1) is 11.8 Å². The molecule has 5 atom stereocenters. The molecular formula is C33H37N3O5S. The molecule has 2 saturated heterocycles. The number of unbranched alkanes of at least 4 members (excludes halogenated alkanes) is 2. The molecule has 4 heterocycles. The fourth-order valence-electron chi connectivity index (χ4n) is 7.17. The van der Waals surface area contributed by atoms with Crippen LogP contribution in [0.15, 0.2) is 78.9 Å². The van der Waals surface area contributed by atoms with Gasteiger partial charge in [-0.1, -0.05) is 42.5 Å². The number of para-hydroxylation sites is 1. The Kier molecular flexibility index (Phi) is 7.66. The number of amides is 3. The van der Waals surface area contributed by atoms with Gasteiger partial charge in [-0.3, -0.25) is 14.4 Å². The average molecular weight is 588 g/mol. The van der Waals surface area contributed by atoms with Crippen molar-refractivity contribution in [2.75, 3.05) is 43.2 Å². The molecule has 8 nitrogen and oxygen atoms in total. The van der Waals surface area contributed by atoms with E-state index in [1.165, 1.54) is 0 Å². The van der Waals surface area contributed by atoms with Crippen LogP contribution in [0.3, 0.4) is 0 Å². The first-order chi connectivity index (χ1) is 20.3. The second-order valence-electron chi connectivity index (χ2n) is 11.5. The van der Waals surface area contributed by atoms with E-state index in [1.54, 1.807) is 33.6 Å². The monoisotopic (exact) mass is 587 g/mol. The van der Waals surface area contributed by atoms with Gasteiger partial charge in [0.2, 0.25) is 11.8 Å². The van der Waals surface area contributed by atoms with Crippen LogP contribution >= 0.6 is 11.8 Å². The van der Waals surface area contributed by atoms with Crippen LogP contribution in [-0.2, 0) is 14.4 Å². The Bertz CT molecular complexity index is 1410. The molecule has 4 aliphatic rings. The highest BCUT2D eigenvalue weighted by Gasteiger charge is 2.73. The maximum Gasteiger partial charge on any atom is 0.251 e. The number of carbonyl (C=O) groups is 3. The summed E-state index contributed by atoms with van der Waals surface area (Å²) in [6.07, 6.45) is 10.2. The molecule has 42 heavy (non-hydrogen) atoms. The lowest BCUT2D eigenvalue weighted by molar-refractivity contribution is -0.139. The minimum Gasteiger partial charge on any atom is -0.497 e. The van der Waals surface area contributed by atoms with Crippen molar-refractivity contribution >= 4 is 40.9 Å². The first kappa shape index (κ1) is 28.6. The van der Waals surface area contributed by atoms with Gasteiger partial charge in [-0.15, -0.1) is 11.8 Å². The van der Waals surface area contributed by atoms with Crippen LogP contribution in [0.4, 0.5) is 11.4 Å². The first-order valence-electron chi connectivity index (χ1n) is 14.6. The zero-order chi connectivity index (χ0) is 29.5. The minimum absolute atomic E-state index is 0.0866. The molecule has 0 aromatic heterocycles. The number of anilines is 2. The van der Waals surface area contributed by atoms with Crippen molar-refractivity contribution in [3.8, 4) is 5.75 Å². The number of aliphatic hydroxyl groups is 1. The Morgan fingerprint density at radius 2 is 1.50 bits per heavy atom. The Morgan fingerprint density at radius 1 is 0.833 bits per heavy atom. The molecule has 2 fully saturated rings. The Labute approximate surface area is 251 Å². The van der Waals surface area contributed by atoms with Crippen molar-refractivity contribution in [3.63, 3.8) is 0 Å². The van der Waals surface area contributed by atoms with Crippen molar-refractivity contribution in [1.82, 2.24) is 4.90 Å². The molecule has 9 heteroatoms. The summed E-state index contributed by atoms with van der Waals surface area (Å²) in [5, 5.41) is 9.33. The number of hydrogen-bond donors (Lipinski definition) is 1. The summed E-state index contributed by atoms with van der Waals surface area (Å²) < 4.78 is 3.76. The van der Waals surface area contributed by atoms with Crippen LogP contribution in [0.25, 0.3) is 0 Å². The third-order valence-corrected chi connectivity index (χ3v) is 10.9. The van der Waals surface area contributed by atoms with E-state index in [4.69, 9.17) is 4.74 Å². The maximum atomic E-state index is 14.6. The van der Waals surface area contributed by atoms with Crippen molar-refractivity contribution in [2.45, 2.75) is 41.7 Å². The third kappa shape index (κ3) is 4.54. The van der Waals surface area contributed by atoms with Gasteiger partial charge in [0, 0.05) is 42.4 Å². The fourth-order valence-corrected chi connectivity index (χ4v) is 9.32. The number of ether oxygens (including phenoxy) is 1. The zero-order valence-electron chi connectivity index (χ0n) is 24.0. The van der Waals surface area contributed by atoms with Crippen molar-refractivity contribution in [3.05, 3.63) is 78.9 Å². The van der Waals surface area contributed by atoms with Crippen LogP contribution in [0.5, 0.6) is 5.75 Å². The molecule has 0 saturated carbocycles. The van der Waals surface area contributed by atoms with E-state index in [9.17, 15) is 19.5 Å². The van der Waals surface area contributed by atoms with E-state index in [-0.39, 0.29) is 24.3 Å². The number of thioether (sulfide) groups is 1. The summed E-state index contributed by atoms with van der Waals surface area (Å²) in [5.41, 5.74) is 1.52. The minimum atomic E-state index is -0.897. The highest BCUT2D eigenvalue weighted by molar-refractivity contribution is 8.02. The lowest BCUT2D eigenvalue weighted by atomic mass is 9.74. The van der Waals surface area contributed by atoms with E-state index >= 15 is 0 Å². The normalized spacial score (nSPS) is 30.2. The lowest BCUT2D eigenvalue weighted by Gasteiger charge is -2.37. The van der Waals surface area contributed by atoms with Gasteiger partial charge in [0.1, 0.15) is 11.8 Å². The highest BCUT2D eigenvalue weighted by Crippen LogP contribution is 2.65. The largest absolute Gasteiger partial charge is 0.497 e. The van der Waals surface area contributed by atoms with E-state index < -0.39 is 27.4 Å². The number of fused-ring (bicyclic) bond motifs is 2. The van der Waals surface area contributed by atoms with E-state index in [0.29, 0.717) is 38.2 Å². The SMILES string of the molecule is COc1ccc(N2CC=C[C@]34S[C@@]5(C)C=CCN(c6ccccc6)C(=O)[C@H]5[C@H]3C(=O)N(CCCCCO)C4C2=O)cc1. The number of hydrogen-bond acceptors (Lipinski definition) is 6. The third-order valence-electron chi connectivity index (χ3n) is 9.07. The number of carbonyl (C=O) groups excluding carboxylic acids is 3. The zero-order valence-corrected chi connectivity index (χ0v) is 24.8. The molecule has 1 N–H and O–H groups in total. The number of nitrogens with zero attached hydrogens (tertiary/aromatic N) is 3. The van der Waals surface area contributed by atoms with Gasteiger partial charge < -0.3 is 24.5 Å². The van der Waals surface area contributed by atoms with Crippen LogP contribution < -0.4 is 14.5 Å². The number of rotatable bonds is 8. The van der Waals surface area contributed by atoms with Crippen molar-refractivity contribution < 1.29 is 24.2 Å². The second kappa shape index (κ2) is 11.3. The van der Waals surface area contributed by atoms with E-state index in [0.717, 1.165) is 17.8 Å². The van der Waals surface area contributed by atoms with E-state index in [1.807, 2.05) is 79.7 Å². The number of benzene rings is 2. The fraction of sp³-hybridized carbons (Fsp3) is 0.424. The summed E-state index contributed by atoms with van der Waals surface area (Å²) in [7, 11) is 1.60. The maximum absolute atomic E-state index is 14.6. The van der Waals surface area contributed by atoms with Gasteiger partial charge in [0.15, 0.2) is 0 Å². The second-order valence-corrected chi connectivity index (χ2v) is 13.3. The molecule has 6 rings (SSSR count). The van der Waals surface area contributed by atoms with Gasteiger partial charge in [0.05, 0.1) is 23.7 Å². The number of aliphatic hydroxyl groups excluding tert-OH is 1. The molecular weight excluding hydrogens is 550 g/mol. The summed E-state index contributed by atoms with van der Waals surface area (Å²) in [4.78, 5) is 48.8. The molecule has 0 radical (unpaired) electrons. The van der Waals surface area contributed by atoms with Crippen molar-refractivity contribution in [1.29, 1.82) is 0 Å². The first-order valence-corrected chi connectivity index (χ1v) is 15.4. The Balaban J connectivity index is 1.43. The molecule has 0 aliphatic carbocycles. The number of likely N-dealkylation sites (tertiary alicyclic amines) is 1. The molecule has 2 aromatic rings. The summed E-state index contributed by atoms with van der Waals surface area (Å²) in [6.45, 7) is 3.32. The van der Waals surface area contributed by atoms with Crippen LogP contribution in [0.1, 0.15) is 26.2 Å². The Hall–Kier alpha value is -3.56.